The minimum Gasteiger partial charge on any atom is -0.390 e. The van der Waals surface area contributed by atoms with Gasteiger partial charge in [0.1, 0.15) is 17.4 Å². The van der Waals surface area contributed by atoms with Crippen LogP contribution in [0.4, 0.5) is 14.5 Å². The summed E-state index contributed by atoms with van der Waals surface area (Å²) in [6, 6.07) is 3.87. The first-order chi connectivity index (χ1) is 12.0. The molecule has 2 aliphatic rings. The highest BCUT2D eigenvalue weighted by atomic mass is 19.1. The number of piperidine rings is 1. The molecule has 3 heterocycles. The van der Waals surface area contributed by atoms with Crippen LogP contribution in [0.25, 0.3) is 10.9 Å². The van der Waals surface area contributed by atoms with Gasteiger partial charge < -0.3 is 19.8 Å². The topological polar surface area (TPSA) is 65.8 Å². The Morgan fingerprint density at radius 2 is 1.96 bits per heavy atom. The fourth-order valence-electron chi connectivity index (χ4n) is 3.98. The van der Waals surface area contributed by atoms with Gasteiger partial charge in [-0.25, -0.2) is 8.78 Å². The maximum atomic E-state index is 14.0. The summed E-state index contributed by atoms with van der Waals surface area (Å²) in [4.78, 5) is 6.04. The third-order valence-electron chi connectivity index (χ3n) is 5.40. The number of benzene rings is 1. The van der Waals surface area contributed by atoms with Crippen LogP contribution in [0.1, 0.15) is 19.3 Å². The molecule has 1 spiro atoms. The zero-order valence-corrected chi connectivity index (χ0v) is 13.7. The molecule has 0 saturated carbocycles. The van der Waals surface area contributed by atoms with E-state index in [2.05, 4.69) is 4.98 Å². The van der Waals surface area contributed by atoms with Gasteiger partial charge in [0.25, 0.3) is 0 Å². The van der Waals surface area contributed by atoms with Crippen LogP contribution in [0.5, 0.6) is 0 Å². The number of hydrogen-bond acceptors (Lipinski definition) is 5. The van der Waals surface area contributed by atoms with Crippen LogP contribution in [0.3, 0.4) is 0 Å². The molecule has 0 amide bonds. The standard InChI is InChI=1S/C18H20F2N2O3/c19-11-9-12-14(1-5-21-16(12)13(20)10-11)22-6-3-18(4-7-22)17(24)15(23)2-8-25-18/h1,5,9-10,15,17,23-24H,2-4,6-8H2/t15-,17-/m0/s1. The van der Waals surface area contributed by atoms with Crippen molar-refractivity contribution in [2.75, 3.05) is 24.6 Å². The van der Waals surface area contributed by atoms with Crippen molar-refractivity contribution < 1.29 is 23.7 Å². The summed E-state index contributed by atoms with van der Waals surface area (Å²) in [6.07, 6.45) is 1.33. The summed E-state index contributed by atoms with van der Waals surface area (Å²) in [5, 5.41) is 20.7. The maximum absolute atomic E-state index is 14.0. The molecule has 2 atom stereocenters. The Labute approximate surface area is 143 Å². The van der Waals surface area contributed by atoms with Gasteiger partial charge in [0.05, 0.1) is 18.3 Å². The van der Waals surface area contributed by atoms with E-state index in [4.69, 9.17) is 4.74 Å². The summed E-state index contributed by atoms with van der Waals surface area (Å²) in [7, 11) is 0. The quantitative estimate of drug-likeness (QED) is 0.824. The third-order valence-corrected chi connectivity index (χ3v) is 5.40. The molecule has 2 saturated heterocycles. The molecule has 25 heavy (non-hydrogen) atoms. The van der Waals surface area contributed by atoms with E-state index in [0.717, 1.165) is 6.07 Å². The highest BCUT2D eigenvalue weighted by Crippen LogP contribution is 2.38. The Morgan fingerprint density at radius 3 is 2.72 bits per heavy atom. The van der Waals surface area contributed by atoms with Gasteiger partial charge in [0, 0.05) is 36.4 Å². The van der Waals surface area contributed by atoms with Crippen molar-refractivity contribution in [3.05, 3.63) is 36.0 Å². The van der Waals surface area contributed by atoms with Gasteiger partial charge in [-0.15, -0.1) is 0 Å². The molecule has 0 unspecified atom stereocenters. The Kier molecular flexibility index (Phi) is 4.10. The first kappa shape index (κ1) is 16.6. The molecule has 1 aromatic heterocycles. The lowest BCUT2D eigenvalue weighted by atomic mass is 9.80. The highest BCUT2D eigenvalue weighted by Gasteiger charge is 2.47. The predicted octanol–water partition coefficient (Wildman–Crippen LogP) is 1.99. The largest absolute Gasteiger partial charge is 0.390 e. The molecule has 1 aromatic carbocycles. The zero-order valence-electron chi connectivity index (χ0n) is 13.7. The van der Waals surface area contributed by atoms with Crippen LogP contribution in [-0.2, 0) is 4.74 Å². The zero-order chi connectivity index (χ0) is 17.6. The molecule has 2 aromatic rings. The SMILES string of the molecule is O[C@H]1CCOC2(CCN(c3ccnc4c(F)cc(F)cc34)CC2)[C@H]1O. The van der Waals surface area contributed by atoms with Gasteiger partial charge in [0.15, 0.2) is 5.82 Å². The number of ether oxygens (including phenoxy) is 1. The second kappa shape index (κ2) is 6.16. The molecular weight excluding hydrogens is 330 g/mol. The lowest BCUT2D eigenvalue weighted by Crippen LogP contribution is -2.60. The van der Waals surface area contributed by atoms with Gasteiger partial charge in [-0.2, -0.15) is 0 Å². The number of hydrogen-bond donors (Lipinski definition) is 2. The molecule has 2 fully saturated rings. The van der Waals surface area contributed by atoms with Crippen LogP contribution >= 0.6 is 0 Å². The predicted molar refractivity (Wildman–Crippen MR) is 88.4 cm³/mol. The molecule has 0 radical (unpaired) electrons. The molecule has 7 heteroatoms. The maximum Gasteiger partial charge on any atom is 0.152 e. The van der Waals surface area contributed by atoms with Crippen LogP contribution in [0, 0.1) is 11.6 Å². The van der Waals surface area contributed by atoms with Gasteiger partial charge >= 0.3 is 0 Å². The van der Waals surface area contributed by atoms with Crippen LogP contribution in [-0.4, -0.2) is 52.7 Å². The Bertz CT molecular complexity index is 793. The number of pyridine rings is 1. The third kappa shape index (κ3) is 2.76. The number of halogens is 2. The monoisotopic (exact) mass is 350 g/mol. The number of aromatic nitrogens is 1. The van der Waals surface area contributed by atoms with Gasteiger partial charge in [-0.3, -0.25) is 4.98 Å². The van der Waals surface area contributed by atoms with E-state index in [9.17, 15) is 19.0 Å². The number of nitrogens with zero attached hydrogens (tertiary/aromatic N) is 2. The highest BCUT2D eigenvalue weighted by molar-refractivity contribution is 5.92. The van der Waals surface area contributed by atoms with Gasteiger partial charge in [0.2, 0.25) is 0 Å². The van der Waals surface area contributed by atoms with Crippen molar-refractivity contribution in [3.8, 4) is 0 Å². The van der Waals surface area contributed by atoms with Crippen molar-refractivity contribution >= 4 is 16.6 Å². The van der Waals surface area contributed by atoms with Gasteiger partial charge in [-0.05, 0) is 31.4 Å². The van der Waals surface area contributed by atoms with Crippen molar-refractivity contribution in [1.29, 1.82) is 0 Å². The molecule has 0 bridgehead atoms. The number of aliphatic hydroxyl groups excluding tert-OH is 2. The fourth-order valence-corrected chi connectivity index (χ4v) is 3.98. The van der Waals surface area contributed by atoms with E-state index >= 15 is 0 Å². The van der Waals surface area contributed by atoms with E-state index in [1.54, 1.807) is 6.07 Å². The fraction of sp³-hybridized carbons (Fsp3) is 0.500. The minimum atomic E-state index is -0.910. The molecule has 5 nitrogen and oxygen atoms in total. The van der Waals surface area contributed by atoms with Gasteiger partial charge in [-0.1, -0.05) is 0 Å². The Hall–Kier alpha value is -1.83. The number of anilines is 1. The summed E-state index contributed by atoms with van der Waals surface area (Å²) in [6.45, 7) is 1.54. The second-order valence-electron chi connectivity index (χ2n) is 6.82. The lowest BCUT2D eigenvalue weighted by molar-refractivity contribution is -0.205. The van der Waals surface area contributed by atoms with Crippen molar-refractivity contribution in [3.63, 3.8) is 0 Å². The van der Waals surface area contributed by atoms with Crippen molar-refractivity contribution in [2.24, 2.45) is 0 Å². The van der Waals surface area contributed by atoms with Crippen molar-refractivity contribution in [1.82, 2.24) is 4.98 Å². The lowest BCUT2D eigenvalue weighted by Gasteiger charge is -2.48. The van der Waals surface area contributed by atoms with E-state index in [0.29, 0.717) is 50.0 Å². The Morgan fingerprint density at radius 1 is 1.20 bits per heavy atom. The summed E-state index contributed by atoms with van der Waals surface area (Å²) in [5.41, 5.74) is 0.112. The molecular formula is C18H20F2N2O3. The number of aliphatic hydroxyl groups is 2. The molecule has 134 valence electrons. The number of fused-ring (bicyclic) bond motifs is 1. The van der Waals surface area contributed by atoms with Crippen LogP contribution < -0.4 is 4.90 Å². The molecule has 2 aliphatic heterocycles. The van der Waals surface area contributed by atoms with Crippen molar-refractivity contribution in [2.45, 2.75) is 37.1 Å². The van der Waals surface area contributed by atoms with E-state index < -0.39 is 29.4 Å². The van der Waals surface area contributed by atoms with E-state index in [1.165, 1.54) is 12.3 Å². The average molecular weight is 350 g/mol. The first-order valence-electron chi connectivity index (χ1n) is 8.49. The average Bonchev–Trinajstić information content (AvgIpc) is 2.60. The van der Waals surface area contributed by atoms with Crippen LogP contribution in [0.2, 0.25) is 0 Å². The Balaban J connectivity index is 1.62. The summed E-state index contributed by atoms with van der Waals surface area (Å²) >= 11 is 0. The van der Waals surface area contributed by atoms with E-state index in [1.807, 2.05) is 4.90 Å². The summed E-state index contributed by atoms with van der Waals surface area (Å²) in [5.74, 6) is -1.32. The molecule has 0 aliphatic carbocycles. The number of rotatable bonds is 1. The van der Waals surface area contributed by atoms with Crippen LogP contribution in [0.15, 0.2) is 24.4 Å². The first-order valence-corrected chi connectivity index (χ1v) is 8.49. The minimum absolute atomic E-state index is 0.142. The normalized spacial score (nSPS) is 26.3. The molecule has 4 rings (SSSR count). The smallest absolute Gasteiger partial charge is 0.152 e. The second-order valence-corrected chi connectivity index (χ2v) is 6.82. The molecule has 2 N–H and O–H groups in total. The summed E-state index contributed by atoms with van der Waals surface area (Å²) < 4.78 is 33.5. The van der Waals surface area contributed by atoms with E-state index in [-0.39, 0.29) is 5.52 Å².